The second-order valence-corrected chi connectivity index (χ2v) is 10.9. The number of nitriles is 1. The highest BCUT2D eigenvalue weighted by Crippen LogP contribution is 2.25. The number of ether oxygens (including phenoxy) is 1. The lowest BCUT2D eigenvalue weighted by molar-refractivity contribution is 0.0529. The Balaban J connectivity index is 1.67. The van der Waals surface area contributed by atoms with Gasteiger partial charge in [0.25, 0.3) is 11.8 Å². The summed E-state index contributed by atoms with van der Waals surface area (Å²) in [5.74, 6) is -0.598. The van der Waals surface area contributed by atoms with Crippen molar-refractivity contribution in [2.24, 2.45) is 0 Å². The summed E-state index contributed by atoms with van der Waals surface area (Å²) < 4.78 is 5.20. The number of benzene rings is 2. The number of carbonyl (C=O) groups excluding carboxylic acids is 3. The number of rotatable bonds is 9. The standard InChI is InChI=1S/C30H35N7O4/c1-19-10-11-22(36-26(38)20-8-7-9-21(16-20)30(5,6)18-31)17-23(19)37-27(39)24-25(33-13-12-32-24)34-14-15-35-28(40)41-29(2,3)4/h7-13,16-17H,14-15H2,1-6H3,(H,33,34)(H,35,40)(H,36,38)(H,37,39). The van der Waals surface area contributed by atoms with E-state index < -0.39 is 23.0 Å². The van der Waals surface area contributed by atoms with E-state index in [0.717, 1.165) is 11.1 Å². The van der Waals surface area contributed by atoms with Crippen molar-refractivity contribution in [3.05, 3.63) is 77.2 Å². The number of aromatic nitrogens is 2. The summed E-state index contributed by atoms with van der Waals surface area (Å²) in [6.45, 7) is 11.3. The zero-order valence-electron chi connectivity index (χ0n) is 24.1. The zero-order valence-corrected chi connectivity index (χ0v) is 24.1. The Kier molecular flexibility index (Phi) is 9.63. The predicted octanol–water partition coefficient (Wildman–Crippen LogP) is 5.03. The van der Waals surface area contributed by atoms with Gasteiger partial charge >= 0.3 is 6.09 Å². The maximum atomic E-state index is 13.1. The van der Waals surface area contributed by atoms with Gasteiger partial charge in [-0.2, -0.15) is 5.26 Å². The molecule has 0 saturated carbocycles. The molecule has 0 aliphatic carbocycles. The van der Waals surface area contributed by atoms with Crippen LogP contribution in [0.5, 0.6) is 0 Å². The first-order valence-corrected chi connectivity index (χ1v) is 13.1. The third-order valence-corrected chi connectivity index (χ3v) is 5.87. The first kappa shape index (κ1) is 30.6. The smallest absolute Gasteiger partial charge is 0.407 e. The molecule has 1 heterocycles. The van der Waals surface area contributed by atoms with Crippen LogP contribution in [0.25, 0.3) is 0 Å². The van der Waals surface area contributed by atoms with Crippen LogP contribution in [-0.2, 0) is 10.2 Å². The number of nitrogens with one attached hydrogen (secondary N) is 4. The fraction of sp³-hybridized carbons (Fsp3) is 0.333. The van der Waals surface area contributed by atoms with E-state index in [9.17, 15) is 19.6 Å². The van der Waals surface area contributed by atoms with Gasteiger partial charge in [-0.1, -0.05) is 18.2 Å². The maximum Gasteiger partial charge on any atom is 0.407 e. The van der Waals surface area contributed by atoms with Crippen LogP contribution in [0.2, 0.25) is 0 Å². The molecule has 0 saturated heterocycles. The highest BCUT2D eigenvalue weighted by molar-refractivity contribution is 6.07. The lowest BCUT2D eigenvalue weighted by atomic mass is 9.85. The summed E-state index contributed by atoms with van der Waals surface area (Å²) >= 11 is 0. The molecule has 4 N–H and O–H groups in total. The van der Waals surface area contributed by atoms with Crippen molar-refractivity contribution in [1.82, 2.24) is 15.3 Å². The van der Waals surface area contributed by atoms with Crippen molar-refractivity contribution in [2.75, 3.05) is 29.0 Å². The number of carbonyl (C=O) groups is 3. The third-order valence-electron chi connectivity index (χ3n) is 5.87. The van der Waals surface area contributed by atoms with Crippen LogP contribution in [0, 0.1) is 18.3 Å². The van der Waals surface area contributed by atoms with Crippen molar-refractivity contribution >= 4 is 35.1 Å². The van der Waals surface area contributed by atoms with E-state index >= 15 is 0 Å². The van der Waals surface area contributed by atoms with Gasteiger partial charge in [-0.05, 0) is 76.9 Å². The first-order chi connectivity index (χ1) is 19.3. The molecule has 214 valence electrons. The van der Waals surface area contributed by atoms with Crippen molar-refractivity contribution in [3.63, 3.8) is 0 Å². The van der Waals surface area contributed by atoms with Gasteiger partial charge < -0.3 is 26.0 Å². The molecular weight excluding hydrogens is 522 g/mol. The molecule has 0 atom stereocenters. The number of anilines is 3. The Bertz CT molecular complexity index is 1470. The average Bonchev–Trinajstić information content (AvgIpc) is 2.92. The van der Waals surface area contributed by atoms with E-state index in [0.29, 0.717) is 16.9 Å². The van der Waals surface area contributed by atoms with E-state index in [1.54, 1.807) is 71.0 Å². The summed E-state index contributed by atoms with van der Waals surface area (Å²) in [4.78, 5) is 46.3. The molecule has 3 amide bonds. The van der Waals surface area contributed by atoms with Crippen molar-refractivity contribution in [3.8, 4) is 6.07 Å². The quantitative estimate of drug-likeness (QED) is 0.267. The van der Waals surface area contributed by atoms with Crippen molar-refractivity contribution in [1.29, 1.82) is 5.26 Å². The monoisotopic (exact) mass is 557 g/mol. The van der Waals surface area contributed by atoms with Gasteiger partial charge in [0.2, 0.25) is 0 Å². The van der Waals surface area contributed by atoms with E-state index in [2.05, 4.69) is 37.3 Å². The van der Waals surface area contributed by atoms with Gasteiger partial charge in [-0.25, -0.2) is 14.8 Å². The molecule has 0 radical (unpaired) electrons. The Morgan fingerprint density at radius 2 is 1.66 bits per heavy atom. The summed E-state index contributed by atoms with van der Waals surface area (Å²) in [6.07, 6.45) is 2.32. The minimum atomic E-state index is -0.736. The number of aryl methyl sites for hydroxylation is 1. The lowest BCUT2D eigenvalue weighted by Crippen LogP contribution is -2.35. The van der Waals surface area contributed by atoms with Gasteiger partial charge in [0, 0.05) is 42.4 Å². The van der Waals surface area contributed by atoms with Crippen LogP contribution in [-0.4, -0.2) is 46.6 Å². The van der Waals surface area contributed by atoms with E-state index in [4.69, 9.17) is 4.74 Å². The molecule has 41 heavy (non-hydrogen) atoms. The Morgan fingerprint density at radius 3 is 2.37 bits per heavy atom. The second-order valence-electron chi connectivity index (χ2n) is 10.9. The topological polar surface area (TPSA) is 158 Å². The second kappa shape index (κ2) is 12.9. The van der Waals surface area contributed by atoms with E-state index in [1.165, 1.54) is 12.4 Å². The predicted molar refractivity (Wildman–Crippen MR) is 157 cm³/mol. The van der Waals surface area contributed by atoms with Gasteiger partial charge in [0.15, 0.2) is 11.5 Å². The van der Waals surface area contributed by atoms with E-state index in [-0.39, 0.29) is 30.5 Å². The normalized spacial score (nSPS) is 11.1. The summed E-state index contributed by atoms with van der Waals surface area (Å²) in [7, 11) is 0. The molecule has 0 aliphatic rings. The van der Waals surface area contributed by atoms with Gasteiger partial charge in [-0.15, -0.1) is 0 Å². The Hall–Kier alpha value is -4.98. The van der Waals surface area contributed by atoms with Crippen LogP contribution in [0.15, 0.2) is 54.9 Å². The molecule has 0 bridgehead atoms. The maximum absolute atomic E-state index is 13.1. The van der Waals surface area contributed by atoms with Crippen LogP contribution in [0.1, 0.15) is 66.6 Å². The first-order valence-electron chi connectivity index (χ1n) is 13.1. The summed E-state index contributed by atoms with van der Waals surface area (Å²) in [6, 6.07) is 14.3. The molecule has 11 heteroatoms. The van der Waals surface area contributed by atoms with Crippen molar-refractivity contribution < 1.29 is 19.1 Å². The zero-order chi connectivity index (χ0) is 30.2. The third kappa shape index (κ3) is 8.76. The molecule has 1 aromatic heterocycles. The lowest BCUT2D eigenvalue weighted by Gasteiger charge is -2.19. The minimum absolute atomic E-state index is 0.0653. The number of alkyl carbamates (subject to hydrolysis) is 1. The van der Waals surface area contributed by atoms with Gasteiger partial charge in [0.05, 0.1) is 11.5 Å². The highest BCUT2D eigenvalue weighted by Gasteiger charge is 2.21. The largest absolute Gasteiger partial charge is 0.444 e. The summed E-state index contributed by atoms with van der Waals surface area (Å²) in [5.41, 5.74) is 1.60. The minimum Gasteiger partial charge on any atom is -0.444 e. The molecule has 11 nitrogen and oxygen atoms in total. The molecule has 0 unspecified atom stereocenters. The Labute approximate surface area is 239 Å². The molecule has 0 fully saturated rings. The molecule has 3 rings (SSSR count). The number of hydrogen-bond donors (Lipinski definition) is 4. The SMILES string of the molecule is Cc1ccc(NC(=O)c2cccc(C(C)(C)C#N)c2)cc1NC(=O)c1nccnc1NCCNC(=O)OC(C)(C)C. The molecule has 2 aromatic carbocycles. The summed E-state index contributed by atoms with van der Waals surface area (Å²) in [5, 5.41) is 20.7. The number of amides is 3. The molecule has 3 aromatic rings. The van der Waals surface area contributed by atoms with Crippen LogP contribution in [0.3, 0.4) is 0 Å². The number of nitrogens with zero attached hydrogens (tertiary/aromatic N) is 3. The van der Waals surface area contributed by atoms with Gasteiger partial charge in [0.1, 0.15) is 5.60 Å². The van der Waals surface area contributed by atoms with Gasteiger partial charge in [-0.3, -0.25) is 9.59 Å². The molecule has 0 spiro atoms. The van der Waals surface area contributed by atoms with Crippen LogP contribution in [0.4, 0.5) is 22.0 Å². The van der Waals surface area contributed by atoms with E-state index in [1.807, 2.05) is 13.0 Å². The molecule has 0 aliphatic heterocycles. The van der Waals surface area contributed by atoms with Crippen LogP contribution >= 0.6 is 0 Å². The Morgan fingerprint density at radius 1 is 0.927 bits per heavy atom. The average molecular weight is 558 g/mol. The van der Waals surface area contributed by atoms with Crippen molar-refractivity contribution in [2.45, 2.75) is 52.6 Å². The van der Waals surface area contributed by atoms with Crippen LogP contribution < -0.4 is 21.3 Å². The molecular formula is C30H35N7O4. The fourth-order valence-electron chi connectivity index (χ4n) is 3.63. The highest BCUT2D eigenvalue weighted by atomic mass is 16.6. The number of hydrogen-bond acceptors (Lipinski definition) is 8. The fourth-order valence-corrected chi connectivity index (χ4v) is 3.63.